The molecule has 14 heavy (non-hydrogen) atoms. The average Bonchev–Trinajstić information content (AvgIpc) is 2.71. The molecule has 0 spiro atoms. The fraction of sp³-hybridized carbons (Fsp3) is 0.385. The Balaban J connectivity index is 2.04. The second-order valence-electron chi connectivity index (χ2n) is 3.82. The van der Waals surface area contributed by atoms with Crippen LogP contribution in [0, 0.1) is 5.92 Å². The van der Waals surface area contributed by atoms with Crippen molar-refractivity contribution in [3.05, 3.63) is 42.0 Å². The minimum atomic E-state index is 0.738. The highest BCUT2D eigenvalue weighted by atomic mass is 16.5. The standard InChI is InChI=1S/C13H16O/c1-14-13-8-4-7-12(10-13)9-11-5-2-3-6-11/h2,4-5,7-8,10-11H,3,6,9H2,1H3. The summed E-state index contributed by atoms with van der Waals surface area (Å²) in [5, 5.41) is 0. The van der Waals surface area contributed by atoms with Gasteiger partial charge in [0.15, 0.2) is 0 Å². The summed E-state index contributed by atoms with van der Waals surface area (Å²) >= 11 is 0. The maximum atomic E-state index is 5.20. The molecule has 0 saturated heterocycles. The molecule has 2 rings (SSSR count). The Morgan fingerprint density at radius 3 is 3.07 bits per heavy atom. The van der Waals surface area contributed by atoms with Gasteiger partial charge in [0, 0.05) is 0 Å². The molecule has 0 aliphatic heterocycles. The van der Waals surface area contributed by atoms with Gasteiger partial charge in [-0.15, -0.1) is 0 Å². The molecule has 1 unspecified atom stereocenters. The summed E-state index contributed by atoms with van der Waals surface area (Å²) in [5.41, 5.74) is 1.38. The molecule has 0 N–H and O–H groups in total. The van der Waals surface area contributed by atoms with Crippen molar-refractivity contribution >= 4 is 0 Å². The Bertz CT molecular complexity index is 328. The molecular weight excluding hydrogens is 172 g/mol. The third-order valence-electron chi connectivity index (χ3n) is 2.74. The van der Waals surface area contributed by atoms with Crippen molar-refractivity contribution < 1.29 is 4.74 Å². The van der Waals surface area contributed by atoms with Gasteiger partial charge in [-0.05, 0) is 42.9 Å². The van der Waals surface area contributed by atoms with Crippen LogP contribution in [0.3, 0.4) is 0 Å². The van der Waals surface area contributed by atoms with Gasteiger partial charge in [0.1, 0.15) is 5.75 Å². The number of ether oxygens (including phenoxy) is 1. The Morgan fingerprint density at radius 2 is 2.36 bits per heavy atom. The summed E-state index contributed by atoms with van der Waals surface area (Å²) in [5.74, 6) is 1.70. The fourth-order valence-electron chi connectivity index (χ4n) is 1.97. The zero-order valence-corrected chi connectivity index (χ0v) is 8.57. The van der Waals surface area contributed by atoms with E-state index in [9.17, 15) is 0 Å². The van der Waals surface area contributed by atoms with Crippen LogP contribution in [-0.4, -0.2) is 7.11 Å². The van der Waals surface area contributed by atoms with Crippen LogP contribution in [0.4, 0.5) is 0 Å². The van der Waals surface area contributed by atoms with E-state index in [1.807, 2.05) is 6.07 Å². The van der Waals surface area contributed by atoms with Gasteiger partial charge in [-0.2, -0.15) is 0 Å². The van der Waals surface area contributed by atoms with E-state index in [4.69, 9.17) is 4.74 Å². The van der Waals surface area contributed by atoms with Crippen LogP contribution >= 0.6 is 0 Å². The molecular formula is C13H16O. The van der Waals surface area contributed by atoms with Gasteiger partial charge in [-0.25, -0.2) is 0 Å². The molecule has 0 aromatic heterocycles. The Kier molecular flexibility index (Phi) is 2.87. The van der Waals surface area contributed by atoms with Crippen molar-refractivity contribution in [1.29, 1.82) is 0 Å². The molecule has 1 atom stereocenters. The minimum Gasteiger partial charge on any atom is -0.497 e. The molecule has 0 saturated carbocycles. The number of allylic oxidation sites excluding steroid dienone is 2. The first-order valence-electron chi connectivity index (χ1n) is 5.18. The van der Waals surface area contributed by atoms with Crippen LogP contribution < -0.4 is 4.74 Å². The first-order valence-corrected chi connectivity index (χ1v) is 5.18. The highest BCUT2D eigenvalue weighted by Crippen LogP contribution is 2.23. The molecule has 1 heteroatoms. The zero-order chi connectivity index (χ0) is 9.80. The normalized spacial score (nSPS) is 19.9. The number of hydrogen-bond acceptors (Lipinski definition) is 1. The molecule has 74 valence electrons. The average molecular weight is 188 g/mol. The van der Waals surface area contributed by atoms with Crippen molar-refractivity contribution in [3.63, 3.8) is 0 Å². The van der Waals surface area contributed by atoms with Crippen molar-refractivity contribution in [3.8, 4) is 5.75 Å². The van der Waals surface area contributed by atoms with E-state index in [0.717, 1.165) is 18.1 Å². The number of rotatable bonds is 3. The molecule has 0 amide bonds. The molecule has 1 nitrogen and oxygen atoms in total. The van der Waals surface area contributed by atoms with Gasteiger partial charge in [-0.3, -0.25) is 0 Å². The first kappa shape index (κ1) is 9.32. The molecule has 0 fully saturated rings. The summed E-state index contributed by atoms with van der Waals surface area (Å²) in [6, 6.07) is 8.36. The third kappa shape index (κ3) is 2.16. The highest BCUT2D eigenvalue weighted by Gasteiger charge is 2.09. The van der Waals surface area contributed by atoms with Crippen LogP contribution in [0.25, 0.3) is 0 Å². The van der Waals surface area contributed by atoms with Crippen molar-refractivity contribution in [2.75, 3.05) is 7.11 Å². The van der Waals surface area contributed by atoms with Gasteiger partial charge in [0.2, 0.25) is 0 Å². The molecule has 1 aromatic carbocycles. The largest absolute Gasteiger partial charge is 0.497 e. The second kappa shape index (κ2) is 4.32. The van der Waals surface area contributed by atoms with Crippen molar-refractivity contribution in [2.45, 2.75) is 19.3 Å². The van der Waals surface area contributed by atoms with E-state index >= 15 is 0 Å². The summed E-state index contributed by atoms with van der Waals surface area (Å²) in [6.07, 6.45) is 8.31. The van der Waals surface area contributed by atoms with Gasteiger partial charge < -0.3 is 4.74 Å². The Morgan fingerprint density at radius 1 is 1.43 bits per heavy atom. The summed E-state index contributed by atoms with van der Waals surface area (Å²) < 4.78 is 5.20. The van der Waals surface area contributed by atoms with Gasteiger partial charge in [0.05, 0.1) is 7.11 Å². The second-order valence-corrected chi connectivity index (χ2v) is 3.82. The van der Waals surface area contributed by atoms with Gasteiger partial charge in [0.25, 0.3) is 0 Å². The minimum absolute atomic E-state index is 0.738. The molecule has 1 aromatic rings. The molecule has 1 aliphatic rings. The van der Waals surface area contributed by atoms with Gasteiger partial charge in [-0.1, -0.05) is 24.3 Å². The smallest absolute Gasteiger partial charge is 0.119 e. The van der Waals surface area contributed by atoms with Crippen molar-refractivity contribution in [1.82, 2.24) is 0 Å². The van der Waals surface area contributed by atoms with E-state index in [2.05, 4.69) is 30.4 Å². The lowest BCUT2D eigenvalue weighted by Gasteiger charge is -2.08. The predicted molar refractivity (Wildman–Crippen MR) is 58.6 cm³/mol. The van der Waals surface area contributed by atoms with Crippen molar-refractivity contribution in [2.24, 2.45) is 5.92 Å². The Hall–Kier alpha value is -1.24. The quantitative estimate of drug-likeness (QED) is 0.662. The van der Waals surface area contributed by atoms with E-state index < -0.39 is 0 Å². The van der Waals surface area contributed by atoms with Gasteiger partial charge >= 0.3 is 0 Å². The van der Waals surface area contributed by atoms with Crippen LogP contribution in [0.2, 0.25) is 0 Å². The third-order valence-corrected chi connectivity index (χ3v) is 2.74. The van der Waals surface area contributed by atoms with E-state index in [0.29, 0.717) is 0 Å². The SMILES string of the molecule is COc1cccc(CC2C=CCC2)c1. The van der Waals surface area contributed by atoms with E-state index in [-0.39, 0.29) is 0 Å². The number of benzene rings is 1. The molecule has 0 heterocycles. The maximum Gasteiger partial charge on any atom is 0.119 e. The number of hydrogen-bond donors (Lipinski definition) is 0. The maximum absolute atomic E-state index is 5.20. The molecule has 1 aliphatic carbocycles. The van der Waals surface area contributed by atoms with Crippen LogP contribution in [-0.2, 0) is 6.42 Å². The molecule has 0 radical (unpaired) electrons. The molecule has 0 bridgehead atoms. The first-order chi connectivity index (χ1) is 6.88. The van der Waals surface area contributed by atoms with E-state index in [1.165, 1.54) is 18.4 Å². The number of methoxy groups -OCH3 is 1. The highest BCUT2D eigenvalue weighted by molar-refractivity contribution is 5.29. The fourth-order valence-corrected chi connectivity index (χ4v) is 1.97. The van der Waals surface area contributed by atoms with Crippen LogP contribution in [0.1, 0.15) is 18.4 Å². The zero-order valence-electron chi connectivity index (χ0n) is 8.57. The summed E-state index contributed by atoms with van der Waals surface area (Å²) in [7, 11) is 1.72. The summed E-state index contributed by atoms with van der Waals surface area (Å²) in [4.78, 5) is 0. The lowest BCUT2D eigenvalue weighted by atomic mass is 9.99. The van der Waals surface area contributed by atoms with E-state index in [1.54, 1.807) is 7.11 Å². The summed E-state index contributed by atoms with van der Waals surface area (Å²) in [6.45, 7) is 0. The lowest BCUT2D eigenvalue weighted by Crippen LogP contribution is -1.97. The lowest BCUT2D eigenvalue weighted by molar-refractivity contribution is 0.414. The van der Waals surface area contributed by atoms with Crippen LogP contribution in [0.15, 0.2) is 36.4 Å². The Labute approximate surface area is 85.4 Å². The topological polar surface area (TPSA) is 9.23 Å². The monoisotopic (exact) mass is 188 g/mol. The predicted octanol–water partition coefficient (Wildman–Crippen LogP) is 3.20. The van der Waals surface area contributed by atoms with Crippen LogP contribution in [0.5, 0.6) is 5.75 Å².